The maximum Gasteiger partial charge on any atom is 0.248 e. The summed E-state index contributed by atoms with van der Waals surface area (Å²) in [5, 5.41) is 3.00. The van der Waals surface area contributed by atoms with Gasteiger partial charge in [-0.25, -0.2) is 9.97 Å². The first-order chi connectivity index (χ1) is 19.1. The number of hydrogen-bond acceptors (Lipinski definition) is 13. The molecule has 4 rings (SSSR count). The summed E-state index contributed by atoms with van der Waals surface area (Å²) in [4.78, 5) is 37.0. The van der Waals surface area contributed by atoms with Gasteiger partial charge < -0.3 is 29.2 Å². The quantitative estimate of drug-likeness (QED) is 0.213. The highest BCUT2D eigenvalue weighted by Gasteiger charge is 2.24. The van der Waals surface area contributed by atoms with Crippen LogP contribution in [0.3, 0.4) is 0 Å². The van der Waals surface area contributed by atoms with Gasteiger partial charge in [0.2, 0.25) is 23.6 Å². The van der Waals surface area contributed by atoms with Crippen molar-refractivity contribution in [2.75, 3.05) is 103 Å². The fraction of sp³-hybridized carbons (Fsp3) is 0.560. The van der Waals surface area contributed by atoms with Crippen molar-refractivity contribution >= 4 is 29.4 Å². The summed E-state index contributed by atoms with van der Waals surface area (Å²) in [5.41, 5.74) is 0. The van der Waals surface area contributed by atoms with Crippen LogP contribution >= 0.6 is 11.8 Å². The van der Waals surface area contributed by atoms with E-state index in [1.54, 1.807) is 26.5 Å². The number of carbonyl (C=O) groups excluding carboxylic acids is 1. The lowest BCUT2D eigenvalue weighted by atomic mass is 10.3. The van der Waals surface area contributed by atoms with Gasteiger partial charge in [0, 0.05) is 58.6 Å². The lowest BCUT2D eigenvalue weighted by Gasteiger charge is -2.34. The Balaban J connectivity index is 1.30. The van der Waals surface area contributed by atoms with E-state index in [-0.39, 0.29) is 5.91 Å². The molecule has 2 saturated heterocycles. The Labute approximate surface area is 232 Å². The Kier molecular flexibility index (Phi) is 11.1. The molecule has 13 nitrogen and oxygen atoms in total. The number of carbonyl (C=O) groups is 1. The van der Waals surface area contributed by atoms with Crippen molar-refractivity contribution < 1.29 is 23.7 Å². The summed E-state index contributed by atoms with van der Waals surface area (Å²) in [6.07, 6.45) is 2.73. The van der Waals surface area contributed by atoms with Crippen LogP contribution < -0.4 is 19.7 Å². The van der Waals surface area contributed by atoms with Crippen LogP contribution in [0.2, 0.25) is 0 Å². The van der Waals surface area contributed by atoms with E-state index in [0.29, 0.717) is 33.6 Å². The summed E-state index contributed by atoms with van der Waals surface area (Å²) >= 11 is 1.19. The average Bonchev–Trinajstić information content (AvgIpc) is 2.98. The van der Waals surface area contributed by atoms with Gasteiger partial charge >= 0.3 is 0 Å². The molecule has 0 aliphatic carbocycles. The van der Waals surface area contributed by atoms with Gasteiger partial charge in [0.15, 0.2) is 5.16 Å². The van der Waals surface area contributed by atoms with E-state index in [1.165, 1.54) is 17.8 Å². The molecule has 0 aromatic carbocycles. The fourth-order valence-corrected chi connectivity index (χ4v) is 4.99. The summed E-state index contributed by atoms with van der Waals surface area (Å²) in [5.74, 6) is 1.27. The van der Waals surface area contributed by atoms with Crippen LogP contribution in [0.4, 0.5) is 11.8 Å². The first-order valence-corrected chi connectivity index (χ1v) is 13.7. The van der Waals surface area contributed by atoms with E-state index in [0.717, 1.165) is 78.8 Å². The van der Waals surface area contributed by atoms with Crippen LogP contribution in [0.25, 0.3) is 0 Å². The van der Waals surface area contributed by atoms with Gasteiger partial charge in [-0.05, 0) is 23.9 Å². The minimum atomic E-state index is -0.358. The molecule has 0 radical (unpaired) electrons. The fourth-order valence-electron chi connectivity index (χ4n) is 4.12. The van der Waals surface area contributed by atoms with Crippen molar-refractivity contribution in [1.82, 2.24) is 29.7 Å². The average molecular weight is 561 g/mol. The van der Waals surface area contributed by atoms with Crippen LogP contribution in [0.15, 0.2) is 35.0 Å². The Bertz CT molecular complexity index is 1070. The normalized spacial score (nSPS) is 16.6. The highest BCUT2D eigenvalue weighted by molar-refractivity contribution is 7.99. The largest absolute Gasteiger partial charge is 0.480 e. The number of nitrogens with zero attached hydrogens (tertiary/aromatic N) is 7. The first-order valence-electron chi connectivity index (χ1n) is 12.9. The molecule has 1 N–H and O–H groups in total. The molecule has 0 bridgehead atoms. The van der Waals surface area contributed by atoms with E-state index in [2.05, 4.69) is 46.5 Å². The zero-order valence-electron chi connectivity index (χ0n) is 22.5. The highest BCUT2D eigenvalue weighted by Crippen LogP contribution is 2.39. The van der Waals surface area contributed by atoms with Gasteiger partial charge in [-0.2, -0.15) is 9.97 Å². The van der Waals surface area contributed by atoms with Gasteiger partial charge in [0.05, 0.1) is 40.6 Å². The van der Waals surface area contributed by atoms with E-state index >= 15 is 0 Å². The molecule has 0 spiro atoms. The van der Waals surface area contributed by atoms with Gasteiger partial charge in [-0.15, -0.1) is 0 Å². The highest BCUT2D eigenvalue weighted by atomic mass is 32.2. The molecule has 2 fully saturated rings. The van der Waals surface area contributed by atoms with Crippen molar-refractivity contribution in [3.8, 4) is 11.8 Å². The molecule has 4 heterocycles. The van der Waals surface area contributed by atoms with E-state index < -0.39 is 0 Å². The Morgan fingerprint density at radius 3 is 2.28 bits per heavy atom. The van der Waals surface area contributed by atoms with E-state index in [4.69, 9.17) is 18.9 Å². The number of rotatable bonds is 13. The predicted octanol–water partition coefficient (Wildman–Crippen LogP) is 1.03. The molecule has 2 aromatic rings. The molecule has 2 aliphatic heterocycles. The Morgan fingerprint density at radius 1 is 1.03 bits per heavy atom. The lowest BCUT2D eigenvalue weighted by Crippen LogP contribution is -2.48. The Hall–Kier alpha value is -3.04. The predicted molar refractivity (Wildman–Crippen MR) is 147 cm³/mol. The number of hydrogen-bond donors (Lipinski definition) is 1. The lowest BCUT2D eigenvalue weighted by molar-refractivity contribution is -0.111. The molecule has 14 heteroatoms. The second kappa shape index (κ2) is 14.9. The minimum absolute atomic E-state index is 0.355. The standard InChI is InChI=1S/C25H36N8O5S/c1-4-20(34)27-19-5-6-26-25(28-19)39-21-22(35-2)29-24(30-23(21)36-3)33-9-7-31(8-10-33)11-15-37-16-12-32-13-17-38-18-14-32/h4-6H,1,7-18H2,2-3H3,(H,26,27,28,34). The number of anilines is 2. The number of amides is 1. The molecule has 2 aliphatic rings. The second-order valence-electron chi connectivity index (χ2n) is 8.79. The number of nitrogens with one attached hydrogen (secondary N) is 1. The maximum atomic E-state index is 11.6. The van der Waals surface area contributed by atoms with E-state index in [1.807, 2.05) is 0 Å². The molecule has 0 saturated carbocycles. The van der Waals surface area contributed by atoms with Crippen LogP contribution in [0, 0.1) is 0 Å². The van der Waals surface area contributed by atoms with Crippen molar-refractivity contribution in [2.45, 2.75) is 10.1 Å². The number of methoxy groups -OCH3 is 2. The van der Waals surface area contributed by atoms with E-state index in [9.17, 15) is 4.79 Å². The van der Waals surface area contributed by atoms with Crippen molar-refractivity contribution in [3.63, 3.8) is 0 Å². The van der Waals surface area contributed by atoms with Gasteiger partial charge in [-0.1, -0.05) is 6.58 Å². The summed E-state index contributed by atoms with van der Waals surface area (Å²) in [6, 6.07) is 1.59. The van der Waals surface area contributed by atoms with Crippen LogP contribution in [-0.4, -0.2) is 129 Å². The smallest absolute Gasteiger partial charge is 0.248 e. The molecule has 39 heavy (non-hydrogen) atoms. The third-order valence-corrected chi connectivity index (χ3v) is 7.24. The number of ether oxygens (including phenoxy) is 4. The summed E-state index contributed by atoms with van der Waals surface area (Å²) in [7, 11) is 3.10. The molecule has 212 valence electrons. The maximum absolute atomic E-state index is 11.6. The third-order valence-electron chi connectivity index (χ3n) is 6.30. The molecular formula is C25H36N8O5S. The van der Waals surface area contributed by atoms with Crippen LogP contribution in [0.1, 0.15) is 0 Å². The number of piperazine rings is 1. The zero-order chi connectivity index (χ0) is 27.5. The Morgan fingerprint density at radius 2 is 1.67 bits per heavy atom. The zero-order valence-corrected chi connectivity index (χ0v) is 23.3. The van der Waals surface area contributed by atoms with Crippen LogP contribution in [-0.2, 0) is 14.3 Å². The number of morpholine rings is 1. The summed E-state index contributed by atoms with van der Waals surface area (Å²) < 4.78 is 22.4. The minimum Gasteiger partial charge on any atom is -0.480 e. The second-order valence-corrected chi connectivity index (χ2v) is 9.76. The van der Waals surface area contributed by atoms with Crippen molar-refractivity contribution in [3.05, 3.63) is 24.9 Å². The van der Waals surface area contributed by atoms with Crippen molar-refractivity contribution in [1.29, 1.82) is 0 Å². The summed E-state index contributed by atoms with van der Waals surface area (Å²) in [6.45, 7) is 13.7. The van der Waals surface area contributed by atoms with Gasteiger partial charge in [-0.3, -0.25) is 14.6 Å². The molecule has 0 atom stereocenters. The SMILES string of the molecule is C=CC(=O)Nc1ccnc(Sc2c(OC)nc(N3CCN(CCOCCN4CCOCC4)CC3)nc2OC)n1. The molecule has 0 unspecified atom stereocenters. The topological polar surface area (TPSA) is 127 Å². The van der Waals surface area contributed by atoms with Crippen LogP contribution in [0.5, 0.6) is 11.8 Å². The number of aromatic nitrogens is 4. The molecule has 2 aromatic heterocycles. The third kappa shape index (κ3) is 8.47. The van der Waals surface area contributed by atoms with Crippen molar-refractivity contribution in [2.24, 2.45) is 0 Å². The van der Waals surface area contributed by atoms with Gasteiger partial charge in [0.1, 0.15) is 10.7 Å². The first kappa shape index (κ1) is 29.0. The monoisotopic (exact) mass is 560 g/mol. The molecular weight excluding hydrogens is 524 g/mol. The molecule has 1 amide bonds. The van der Waals surface area contributed by atoms with Gasteiger partial charge in [0.25, 0.3) is 0 Å².